The van der Waals surface area contributed by atoms with Crippen molar-refractivity contribution in [2.24, 2.45) is 0 Å². The van der Waals surface area contributed by atoms with Gasteiger partial charge in [-0.1, -0.05) is 12.1 Å². The van der Waals surface area contributed by atoms with Crippen LogP contribution in [0.3, 0.4) is 0 Å². The smallest absolute Gasteiger partial charge is 0.143 e. The zero-order valence-electron chi connectivity index (χ0n) is 10.3. The average molecular weight is 257 g/mol. The number of rotatable bonds is 2. The van der Waals surface area contributed by atoms with Gasteiger partial charge in [0.2, 0.25) is 0 Å². The van der Waals surface area contributed by atoms with E-state index in [1.54, 1.807) is 6.92 Å². The number of hydrogen-bond acceptors (Lipinski definition) is 3. The minimum Gasteiger partial charge on any atom is -0.506 e. The molecule has 1 aromatic heterocycles. The summed E-state index contributed by atoms with van der Waals surface area (Å²) < 4.78 is 0. The quantitative estimate of drug-likeness (QED) is 0.785. The molecule has 0 aliphatic heterocycles. The molecule has 18 heavy (non-hydrogen) atoms. The minimum absolute atomic E-state index is 0.255. The molecule has 0 spiro atoms. The molecule has 2 aromatic rings. The average Bonchev–Trinajstić information content (AvgIpc) is 2.93. The second kappa shape index (κ2) is 4.25. The van der Waals surface area contributed by atoms with E-state index in [1.807, 2.05) is 5.38 Å². The fourth-order valence-corrected chi connectivity index (χ4v) is 3.54. The van der Waals surface area contributed by atoms with Crippen LogP contribution < -0.4 is 0 Å². The van der Waals surface area contributed by atoms with E-state index >= 15 is 0 Å². The first kappa shape index (κ1) is 11.5. The number of aryl methyl sites for hydroxylation is 2. The van der Waals surface area contributed by atoms with Crippen molar-refractivity contribution < 1.29 is 5.11 Å². The highest BCUT2D eigenvalue weighted by atomic mass is 32.1. The maximum Gasteiger partial charge on any atom is 0.143 e. The van der Waals surface area contributed by atoms with Crippen molar-refractivity contribution in [1.29, 1.82) is 5.41 Å². The summed E-state index contributed by atoms with van der Waals surface area (Å²) in [7, 11) is 0. The van der Waals surface area contributed by atoms with Crippen LogP contribution >= 0.6 is 11.3 Å². The standard InChI is InChI=1S/C15H15NOS/c1-9(16)13-8-18-15(14(13)17)12-6-5-10-3-2-4-11(10)7-12/h5-8,16-17H,2-4H2,1H3. The molecule has 0 saturated carbocycles. The molecule has 0 radical (unpaired) electrons. The molecular weight excluding hydrogens is 242 g/mol. The Morgan fingerprint density at radius 1 is 1.28 bits per heavy atom. The Morgan fingerprint density at radius 2 is 2.06 bits per heavy atom. The Balaban J connectivity index is 2.07. The Bertz CT molecular complexity index is 627. The summed E-state index contributed by atoms with van der Waals surface area (Å²) in [5, 5.41) is 19.7. The van der Waals surface area contributed by atoms with E-state index in [0.717, 1.165) is 16.9 Å². The second-order valence-electron chi connectivity index (χ2n) is 4.79. The molecule has 3 heteroatoms. The Labute approximate surface area is 110 Å². The Kier molecular flexibility index (Phi) is 2.71. The first-order valence-corrected chi connectivity index (χ1v) is 7.03. The first-order valence-electron chi connectivity index (χ1n) is 6.15. The summed E-state index contributed by atoms with van der Waals surface area (Å²) in [4.78, 5) is 0.881. The largest absolute Gasteiger partial charge is 0.506 e. The summed E-state index contributed by atoms with van der Waals surface area (Å²) in [6.07, 6.45) is 3.56. The number of benzene rings is 1. The Morgan fingerprint density at radius 3 is 2.78 bits per heavy atom. The van der Waals surface area contributed by atoms with Gasteiger partial charge in [-0.2, -0.15) is 0 Å². The van der Waals surface area contributed by atoms with Gasteiger partial charge in [-0.15, -0.1) is 11.3 Å². The van der Waals surface area contributed by atoms with Crippen LogP contribution in [0, 0.1) is 5.41 Å². The minimum atomic E-state index is 0.255. The van der Waals surface area contributed by atoms with Gasteiger partial charge in [0.25, 0.3) is 0 Å². The third-order valence-electron chi connectivity index (χ3n) is 3.53. The van der Waals surface area contributed by atoms with Gasteiger partial charge in [-0.25, -0.2) is 0 Å². The van der Waals surface area contributed by atoms with Gasteiger partial charge < -0.3 is 10.5 Å². The molecular formula is C15H15NOS. The van der Waals surface area contributed by atoms with Gasteiger partial charge in [-0.05, 0) is 48.9 Å². The van der Waals surface area contributed by atoms with E-state index in [1.165, 1.54) is 35.3 Å². The highest BCUT2D eigenvalue weighted by molar-refractivity contribution is 7.14. The molecule has 1 heterocycles. The summed E-state index contributed by atoms with van der Waals surface area (Å²) in [6, 6.07) is 6.45. The van der Waals surface area contributed by atoms with E-state index in [9.17, 15) is 5.11 Å². The van der Waals surface area contributed by atoms with E-state index in [-0.39, 0.29) is 5.75 Å². The van der Waals surface area contributed by atoms with Gasteiger partial charge >= 0.3 is 0 Å². The van der Waals surface area contributed by atoms with Crippen molar-refractivity contribution in [3.8, 4) is 16.2 Å². The molecule has 0 unspecified atom stereocenters. The topological polar surface area (TPSA) is 44.1 Å². The molecule has 0 saturated heterocycles. The van der Waals surface area contributed by atoms with E-state index < -0.39 is 0 Å². The lowest BCUT2D eigenvalue weighted by Crippen LogP contribution is -1.88. The third-order valence-corrected chi connectivity index (χ3v) is 4.55. The lowest BCUT2D eigenvalue weighted by molar-refractivity contribution is 0.478. The lowest BCUT2D eigenvalue weighted by atomic mass is 10.0. The van der Waals surface area contributed by atoms with Crippen LogP contribution in [0.4, 0.5) is 0 Å². The fraction of sp³-hybridized carbons (Fsp3) is 0.267. The first-order chi connectivity index (χ1) is 8.66. The van der Waals surface area contributed by atoms with Crippen LogP contribution in [0.2, 0.25) is 0 Å². The van der Waals surface area contributed by atoms with Gasteiger partial charge in [0.15, 0.2) is 0 Å². The predicted molar refractivity (Wildman–Crippen MR) is 75.9 cm³/mol. The van der Waals surface area contributed by atoms with Crippen molar-refractivity contribution in [2.75, 3.05) is 0 Å². The number of aromatic hydroxyl groups is 1. The van der Waals surface area contributed by atoms with Crippen LogP contribution in [-0.4, -0.2) is 10.8 Å². The number of thiophene rings is 1. The molecule has 1 aliphatic carbocycles. The van der Waals surface area contributed by atoms with Crippen LogP contribution in [0.15, 0.2) is 23.6 Å². The monoisotopic (exact) mass is 257 g/mol. The Hall–Kier alpha value is -1.61. The highest BCUT2D eigenvalue weighted by Gasteiger charge is 2.16. The van der Waals surface area contributed by atoms with Gasteiger partial charge in [0.1, 0.15) is 5.75 Å². The van der Waals surface area contributed by atoms with Crippen molar-refractivity contribution in [3.63, 3.8) is 0 Å². The van der Waals surface area contributed by atoms with Crippen LogP contribution in [0.25, 0.3) is 10.4 Å². The van der Waals surface area contributed by atoms with Crippen LogP contribution in [0.5, 0.6) is 5.75 Å². The predicted octanol–water partition coefficient (Wildman–Crippen LogP) is 4.00. The molecule has 2 N–H and O–H groups in total. The normalized spacial score (nSPS) is 13.6. The van der Waals surface area contributed by atoms with Crippen LogP contribution in [-0.2, 0) is 12.8 Å². The summed E-state index contributed by atoms with van der Waals surface area (Å²) >= 11 is 1.51. The van der Waals surface area contributed by atoms with Crippen molar-refractivity contribution in [1.82, 2.24) is 0 Å². The number of nitrogens with one attached hydrogen (secondary N) is 1. The van der Waals surface area contributed by atoms with E-state index in [0.29, 0.717) is 11.3 Å². The van der Waals surface area contributed by atoms with Crippen molar-refractivity contribution in [2.45, 2.75) is 26.2 Å². The number of hydrogen-bond donors (Lipinski definition) is 2. The molecule has 3 rings (SSSR count). The molecule has 92 valence electrons. The summed E-state index contributed by atoms with van der Waals surface area (Å²) in [5.74, 6) is 0.255. The number of fused-ring (bicyclic) bond motifs is 1. The van der Waals surface area contributed by atoms with Crippen LogP contribution in [0.1, 0.15) is 30.0 Å². The van der Waals surface area contributed by atoms with Gasteiger partial charge in [0, 0.05) is 16.7 Å². The fourth-order valence-electron chi connectivity index (χ4n) is 2.54. The van der Waals surface area contributed by atoms with Gasteiger partial charge in [0.05, 0.1) is 4.88 Å². The third kappa shape index (κ3) is 1.75. The second-order valence-corrected chi connectivity index (χ2v) is 5.67. The molecule has 1 aliphatic rings. The zero-order valence-corrected chi connectivity index (χ0v) is 11.1. The van der Waals surface area contributed by atoms with E-state index in [4.69, 9.17) is 5.41 Å². The zero-order chi connectivity index (χ0) is 12.7. The van der Waals surface area contributed by atoms with Gasteiger partial charge in [-0.3, -0.25) is 0 Å². The van der Waals surface area contributed by atoms with Crippen molar-refractivity contribution in [3.05, 3.63) is 40.3 Å². The molecule has 0 bridgehead atoms. The summed E-state index contributed by atoms with van der Waals surface area (Å²) in [5.41, 5.74) is 4.99. The molecule has 1 aromatic carbocycles. The van der Waals surface area contributed by atoms with E-state index in [2.05, 4.69) is 18.2 Å². The SMILES string of the molecule is CC(=N)c1csc(-c2ccc3c(c2)CCC3)c1O. The highest BCUT2D eigenvalue weighted by Crippen LogP contribution is 2.40. The molecule has 0 atom stereocenters. The maximum absolute atomic E-state index is 10.2. The molecule has 2 nitrogen and oxygen atoms in total. The maximum atomic E-state index is 10.2. The molecule has 0 fully saturated rings. The summed E-state index contributed by atoms with van der Waals surface area (Å²) in [6.45, 7) is 1.70. The lowest BCUT2D eigenvalue weighted by Gasteiger charge is -2.04. The van der Waals surface area contributed by atoms with Crippen molar-refractivity contribution >= 4 is 17.0 Å². The molecule has 0 amide bonds.